The number of phenols is 1. The van der Waals surface area contributed by atoms with Crippen LogP contribution >= 0.6 is 11.6 Å². The van der Waals surface area contributed by atoms with Crippen LogP contribution in [0.3, 0.4) is 0 Å². The summed E-state index contributed by atoms with van der Waals surface area (Å²) in [6.45, 7) is 3.30. The second-order valence-corrected chi connectivity index (χ2v) is 5.35. The fourth-order valence-corrected chi connectivity index (χ4v) is 2.50. The lowest BCUT2D eigenvalue weighted by atomic mass is 10.1. The van der Waals surface area contributed by atoms with E-state index in [4.69, 9.17) is 16.3 Å². The van der Waals surface area contributed by atoms with Crippen LogP contribution in [0, 0.1) is 0 Å². The first kappa shape index (κ1) is 15.1. The molecule has 0 aromatic heterocycles. The van der Waals surface area contributed by atoms with E-state index in [-0.39, 0.29) is 23.3 Å². The molecule has 2 rings (SSSR count). The number of carbonyl (C=O) groups is 1. The van der Waals surface area contributed by atoms with Crippen molar-refractivity contribution in [3.05, 3.63) is 28.8 Å². The molecule has 0 aliphatic carbocycles. The summed E-state index contributed by atoms with van der Waals surface area (Å²) < 4.78 is 5.04. The van der Waals surface area contributed by atoms with Crippen molar-refractivity contribution in [3.63, 3.8) is 0 Å². The first-order chi connectivity index (χ1) is 9.60. The summed E-state index contributed by atoms with van der Waals surface area (Å²) >= 11 is 5.84. The molecule has 0 bridgehead atoms. The number of halogens is 1. The SMILES string of the molecule is COCCN1CCC(NC(=O)c2cc(Cl)ccc2O)C1. The van der Waals surface area contributed by atoms with Crippen LogP contribution in [0.5, 0.6) is 5.75 Å². The zero-order chi connectivity index (χ0) is 14.5. The topological polar surface area (TPSA) is 61.8 Å². The van der Waals surface area contributed by atoms with Crippen LogP contribution in [0.2, 0.25) is 5.02 Å². The van der Waals surface area contributed by atoms with Crippen LogP contribution < -0.4 is 5.32 Å². The lowest BCUT2D eigenvalue weighted by Crippen LogP contribution is -2.37. The van der Waals surface area contributed by atoms with Crippen molar-refractivity contribution in [3.8, 4) is 5.75 Å². The Morgan fingerprint density at radius 2 is 2.40 bits per heavy atom. The number of hydrogen-bond donors (Lipinski definition) is 2. The average Bonchev–Trinajstić information content (AvgIpc) is 2.86. The molecule has 5 nitrogen and oxygen atoms in total. The highest BCUT2D eigenvalue weighted by Crippen LogP contribution is 2.21. The van der Waals surface area contributed by atoms with E-state index in [0.29, 0.717) is 11.6 Å². The zero-order valence-corrected chi connectivity index (χ0v) is 12.2. The normalized spacial score (nSPS) is 19.2. The Morgan fingerprint density at radius 1 is 1.60 bits per heavy atom. The number of ether oxygens (including phenoxy) is 1. The van der Waals surface area contributed by atoms with E-state index in [9.17, 15) is 9.90 Å². The average molecular weight is 299 g/mol. The number of carbonyl (C=O) groups excluding carboxylic acids is 1. The summed E-state index contributed by atoms with van der Waals surface area (Å²) in [5.74, 6) is -0.343. The quantitative estimate of drug-likeness (QED) is 0.865. The molecular formula is C14H19ClN2O3. The molecule has 1 unspecified atom stereocenters. The summed E-state index contributed by atoms with van der Waals surface area (Å²) in [7, 11) is 1.68. The Hall–Kier alpha value is -1.30. The van der Waals surface area contributed by atoms with Gasteiger partial charge in [0.05, 0.1) is 12.2 Å². The van der Waals surface area contributed by atoms with Crippen molar-refractivity contribution < 1.29 is 14.6 Å². The minimum Gasteiger partial charge on any atom is -0.507 e. The Kier molecular flexibility index (Phi) is 5.23. The molecule has 110 valence electrons. The van der Waals surface area contributed by atoms with Gasteiger partial charge in [-0.05, 0) is 24.6 Å². The van der Waals surface area contributed by atoms with Gasteiger partial charge in [-0.1, -0.05) is 11.6 Å². The van der Waals surface area contributed by atoms with E-state index in [2.05, 4.69) is 10.2 Å². The molecule has 20 heavy (non-hydrogen) atoms. The Morgan fingerprint density at radius 3 is 3.15 bits per heavy atom. The van der Waals surface area contributed by atoms with Crippen LogP contribution in [0.15, 0.2) is 18.2 Å². The first-order valence-electron chi connectivity index (χ1n) is 6.61. The van der Waals surface area contributed by atoms with E-state index in [1.807, 2.05) is 0 Å². The summed E-state index contributed by atoms with van der Waals surface area (Å²) in [6.07, 6.45) is 0.900. The minimum absolute atomic E-state index is 0.0545. The van der Waals surface area contributed by atoms with Crippen LogP contribution in [0.4, 0.5) is 0 Å². The molecule has 1 saturated heterocycles. The van der Waals surface area contributed by atoms with Crippen LogP contribution in [0.1, 0.15) is 16.8 Å². The molecule has 0 radical (unpaired) electrons. The molecule has 0 saturated carbocycles. The van der Waals surface area contributed by atoms with Gasteiger partial charge in [0.15, 0.2) is 0 Å². The van der Waals surface area contributed by atoms with Gasteiger partial charge in [0.25, 0.3) is 5.91 Å². The van der Waals surface area contributed by atoms with Crippen molar-refractivity contribution in [2.24, 2.45) is 0 Å². The molecule has 1 aliphatic heterocycles. The molecule has 1 aromatic carbocycles. The number of amides is 1. The van der Waals surface area contributed by atoms with Crippen LogP contribution in [-0.4, -0.2) is 55.3 Å². The summed E-state index contributed by atoms with van der Waals surface area (Å²) in [4.78, 5) is 14.4. The number of nitrogens with zero attached hydrogens (tertiary/aromatic N) is 1. The van der Waals surface area contributed by atoms with Gasteiger partial charge in [-0.15, -0.1) is 0 Å². The molecular weight excluding hydrogens is 280 g/mol. The Balaban J connectivity index is 1.91. The summed E-state index contributed by atoms with van der Waals surface area (Å²) in [5.41, 5.74) is 0.216. The molecule has 1 heterocycles. The number of nitrogens with one attached hydrogen (secondary N) is 1. The van der Waals surface area contributed by atoms with Gasteiger partial charge >= 0.3 is 0 Å². The third-order valence-electron chi connectivity index (χ3n) is 3.42. The number of hydrogen-bond acceptors (Lipinski definition) is 4. The van der Waals surface area contributed by atoms with Crippen LogP contribution in [0.25, 0.3) is 0 Å². The lowest BCUT2D eigenvalue weighted by Gasteiger charge is -2.16. The predicted molar refractivity (Wildman–Crippen MR) is 77.3 cm³/mol. The Bertz CT molecular complexity index is 481. The minimum atomic E-state index is -0.288. The van der Waals surface area contributed by atoms with Gasteiger partial charge in [-0.25, -0.2) is 0 Å². The third-order valence-corrected chi connectivity index (χ3v) is 3.66. The van der Waals surface area contributed by atoms with Gasteiger partial charge in [0, 0.05) is 37.8 Å². The molecule has 2 N–H and O–H groups in total. The summed E-state index contributed by atoms with van der Waals surface area (Å²) in [5, 5.41) is 13.1. The standard InChI is InChI=1S/C14H19ClN2O3/c1-20-7-6-17-5-4-11(9-17)16-14(19)12-8-10(15)2-3-13(12)18/h2-3,8,11,18H,4-7,9H2,1H3,(H,16,19). The van der Waals surface area contributed by atoms with E-state index in [0.717, 1.165) is 26.1 Å². The van der Waals surface area contributed by atoms with Crippen molar-refractivity contribution in [2.75, 3.05) is 33.4 Å². The van der Waals surface area contributed by atoms with Crippen molar-refractivity contribution in [1.29, 1.82) is 0 Å². The second kappa shape index (κ2) is 6.92. The molecule has 1 fully saturated rings. The molecule has 1 aromatic rings. The molecule has 1 amide bonds. The van der Waals surface area contributed by atoms with E-state index >= 15 is 0 Å². The van der Waals surface area contributed by atoms with Gasteiger partial charge in [-0.2, -0.15) is 0 Å². The number of aromatic hydroxyl groups is 1. The maximum absolute atomic E-state index is 12.1. The fourth-order valence-electron chi connectivity index (χ4n) is 2.33. The first-order valence-corrected chi connectivity index (χ1v) is 6.98. The Labute approximate surface area is 123 Å². The maximum Gasteiger partial charge on any atom is 0.255 e. The van der Waals surface area contributed by atoms with E-state index in [1.54, 1.807) is 13.2 Å². The van der Waals surface area contributed by atoms with Gasteiger partial charge in [0.1, 0.15) is 5.75 Å². The largest absolute Gasteiger partial charge is 0.507 e. The van der Waals surface area contributed by atoms with Gasteiger partial charge < -0.3 is 15.2 Å². The highest BCUT2D eigenvalue weighted by atomic mass is 35.5. The highest BCUT2D eigenvalue weighted by molar-refractivity contribution is 6.31. The number of phenolic OH excluding ortho intramolecular Hbond substituents is 1. The lowest BCUT2D eigenvalue weighted by molar-refractivity contribution is 0.0934. The zero-order valence-electron chi connectivity index (χ0n) is 11.4. The monoisotopic (exact) mass is 298 g/mol. The maximum atomic E-state index is 12.1. The summed E-state index contributed by atoms with van der Waals surface area (Å²) in [6, 6.07) is 4.55. The van der Waals surface area contributed by atoms with E-state index < -0.39 is 0 Å². The molecule has 0 spiro atoms. The fraction of sp³-hybridized carbons (Fsp3) is 0.500. The second-order valence-electron chi connectivity index (χ2n) is 4.91. The molecule has 6 heteroatoms. The highest BCUT2D eigenvalue weighted by Gasteiger charge is 2.24. The molecule has 1 aliphatic rings. The number of rotatable bonds is 5. The number of methoxy groups -OCH3 is 1. The van der Waals surface area contributed by atoms with Crippen molar-refractivity contribution in [1.82, 2.24) is 10.2 Å². The number of likely N-dealkylation sites (tertiary alicyclic amines) is 1. The smallest absolute Gasteiger partial charge is 0.255 e. The predicted octanol–water partition coefficient (Wildman–Crippen LogP) is 1.50. The molecule has 1 atom stereocenters. The van der Waals surface area contributed by atoms with E-state index in [1.165, 1.54) is 12.1 Å². The third kappa shape index (κ3) is 3.85. The van der Waals surface area contributed by atoms with Crippen molar-refractivity contribution >= 4 is 17.5 Å². The van der Waals surface area contributed by atoms with Gasteiger partial charge in [0.2, 0.25) is 0 Å². The number of benzene rings is 1. The van der Waals surface area contributed by atoms with Crippen molar-refractivity contribution in [2.45, 2.75) is 12.5 Å². The van der Waals surface area contributed by atoms with Gasteiger partial charge in [-0.3, -0.25) is 9.69 Å². The van der Waals surface area contributed by atoms with Crippen LogP contribution in [-0.2, 0) is 4.74 Å².